The summed E-state index contributed by atoms with van der Waals surface area (Å²) >= 11 is 0. The van der Waals surface area contributed by atoms with Crippen LogP contribution in [0.4, 0.5) is 0 Å². The minimum Gasteiger partial charge on any atom is -0.756 e. The third-order valence-electron chi connectivity index (χ3n) is 13.3. The molecule has 3 atom stereocenters. The lowest BCUT2D eigenvalue weighted by Gasteiger charge is -2.30. The molecule has 416 valence electrons. The zero-order chi connectivity index (χ0) is 52.2. The molecule has 9 nitrogen and oxygen atoms in total. The van der Waals surface area contributed by atoms with Gasteiger partial charge in [0.05, 0.1) is 33.8 Å². The third kappa shape index (κ3) is 52.6. The average molecular weight is 1020 g/mol. The number of nitrogens with zero attached hydrogens (tertiary/aromatic N) is 1. The monoisotopic (exact) mass is 1020 g/mol. The summed E-state index contributed by atoms with van der Waals surface area (Å²) < 4.78 is 30.2. The van der Waals surface area contributed by atoms with E-state index >= 15 is 0 Å². The Morgan fingerprint density at radius 2 is 0.859 bits per heavy atom. The second kappa shape index (κ2) is 51.5. The Balaban J connectivity index is 5.22. The summed E-state index contributed by atoms with van der Waals surface area (Å²) in [5.74, 6) is -0.542. The van der Waals surface area contributed by atoms with Crippen molar-refractivity contribution in [1.82, 2.24) is 5.32 Å². The van der Waals surface area contributed by atoms with Gasteiger partial charge in [-0.1, -0.05) is 243 Å². The molecule has 0 rings (SSSR count). The Morgan fingerprint density at radius 1 is 0.493 bits per heavy atom. The highest BCUT2D eigenvalue weighted by molar-refractivity contribution is 7.45. The number of phosphoric ester groups is 1. The second-order valence-corrected chi connectivity index (χ2v) is 22.9. The van der Waals surface area contributed by atoms with Gasteiger partial charge in [0.15, 0.2) is 0 Å². The topological polar surface area (TPSA) is 114 Å². The molecule has 1 amide bonds. The van der Waals surface area contributed by atoms with Crippen molar-refractivity contribution in [2.24, 2.45) is 0 Å². The molecule has 0 aliphatic heterocycles. The van der Waals surface area contributed by atoms with Crippen LogP contribution in [0.2, 0.25) is 0 Å². The molecule has 0 fully saturated rings. The van der Waals surface area contributed by atoms with Gasteiger partial charge in [0.1, 0.15) is 19.3 Å². The van der Waals surface area contributed by atoms with Gasteiger partial charge in [0.25, 0.3) is 7.82 Å². The number of rotatable bonds is 54. The highest BCUT2D eigenvalue weighted by Gasteiger charge is 2.27. The molecule has 0 aliphatic carbocycles. The molecular formula is C61H115N2O7P. The number of hydrogen-bond acceptors (Lipinski definition) is 7. The number of unbranched alkanes of at least 4 members (excludes halogenated alkanes) is 32. The van der Waals surface area contributed by atoms with Gasteiger partial charge in [-0.2, -0.15) is 0 Å². The van der Waals surface area contributed by atoms with E-state index in [9.17, 15) is 19.0 Å². The first-order valence-corrected chi connectivity index (χ1v) is 31.4. The summed E-state index contributed by atoms with van der Waals surface area (Å²) in [6.45, 7) is 6.82. The average Bonchev–Trinajstić information content (AvgIpc) is 3.33. The fourth-order valence-electron chi connectivity index (χ4n) is 8.59. The first-order valence-electron chi connectivity index (χ1n) is 29.9. The predicted molar refractivity (Wildman–Crippen MR) is 302 cm³/mol. The molecule has 0 bridgehead atoms. The Bertz CT molecular complexity index is 1360. The van der Waals surface area contributed by atoms with E-state index in [1.165, 1.54) is 161 Å². The van der Waals surface area contributed by atoms with Crippen LogP contribution in [0.1, 0.15) is 278 Å². The van der Waals surface area contributed by atoms with Crippen molar-refractivity contribution in [3.8, 4) is 0 Å². The van der Waals surface area contributed by atoms with Gasteiger partial charge in [-0.05, 0) is 70.3 Å². The van der Waals surface area contributed by atoms with Crippen molar-refractivity contribution in [2.75, 3.05) is 40.9 Å². The maximum atomic E-state index is 13.5. The molecule has 71 heavy (non-hydrogen) atoms. The standard InChI is InChI=1S/C61H115N2O7P/c1-7-10-13-16-19-22-25-27-28-29-30-31-32-33-34-36-39-42-45-48-51-54-61(65)70-59(52-49-46-43-40-37-24-21-18-15-12-9-3)58(57-69-71(66,67)68-56-55-63(4,5)6)62-60(64)53-50-47-44-41-38-35-26-23-20-17-14-11-8-2/h19,22,27-28,30-31,49,52,58-59H,7-18,20-21,23-26,29,32-48,50-51,53-57H2,1-6H3,(H-,62,64,66,67)/b22-19-,28-27-,31-30-,52-49+. The number of nitrogens with one attached hydrogen (secondary N) is 1. The maximum absolute atomic E-state index is 13.5. The molecular weight excluding hydrogens is 904 g/mol. The summed E-state index contributed by atoms with van der Waals surface area (Å²) in [7, 11) is 1.19. The molecule has 0 saturated heterocycles. The van der Waals surface area contributed by atoms with Crippen LogP contribution in [-0.4, -0.2) is 69.4 Å². The van der Waals surface area contributed by atoms with Crippen molar-refractivity contribution in [2.45, 2.75) is 290 Å². The van der Waals surface area contributed by atoms with Gasteiger partial charge in [0.2, 0.25) is 5.91 Å². The van der Waals surface area contributed by atoms with Crippen LogP contribution in [0, 0.1) is 0 Å². The van der Waals surface area contributed by atoms with Crippen LogP contribution in [0.25, 0.3) is 0 Å². The molecule has 0 aromatic heterocycles. The summed E-state index contributed by atoms with van der Waals surface area (Å²) in [5, 5.41) is 3.02. The molecule has 10 heteroatoms. The van der Waals surface area contributed by atoms with E-state index in [2.05, 4.69) is 62.5 Å². The maximum Gasteiger partial charge on any atom is 0.306 e. The number of quaternary nitrogens is 1. The summed E-state index contributed by atoms with van der Waals surface area (Å²) in [6, 6.07) is -0.887. The quantitative estimate of drug-likeness (QED) is 0.0212. The van der Waals surface area contributed by atoms with Gasteiger partial charge < -0.3 is 28.5 Å². The number of esters is 1. The summed E-state index contributed by atoms with van der Waals surface area (Å²) in [6.07, 6.45) is 62.1. The van der Waals surface area contributed by atoms with Gasteiger partial charge in [-0.3, -0.25) is 14.2 Å². The molecule has 3 unspecified atom stereocenters. The molecule has 1 N–H and O–H groups in total. The zero-order valence-electron chi connectivity index (χ0n) is 47.4. The largest absolute Gasteiger partial charge is 0.756 e. The second-order valence-electron chi connectivity index (χ2n) is 21.5. The number of allylic oxidation sites excluding steroid dienone is 7. The van der Waals surface area contributed by atoms with E-state index in [0.717, 1.165) is 83.5 Å². The first kappa shape index (κ1) is 69.0. The third-order valence-corrected chi connectivity index (χ3v) is 14.2. The number of amides is 1. The zero-order valence-corrected chi connectivity index (χ0v) is 48.3. The SMILES string of the molecule is CCCCC/C=C\C/C=C\C/C=C\CCCCCCCCCCC(=O)OC(/C=C/CCCCCCCCCCC)C(COP(=O)([O-])OCC[N+](C)(C)C)NC(=O)CCCCCCCCCCCCCCC. The van der Waals surface area contributed by atoms with Crippen LogP contribution in [-0.2, 0) is 27.9 Å². The van der Waals surface area contributed by atoms with Crippen molar-refractivity contribution in [3.63, 3.8) is 0 Å². The number of ether oxygens (including phenoxy) is 1. The van der Waals surface area contributed by atoms with Gasteiger partial charge in [0, 0.05) is 12.8 Å². The predicted octanol–water partition coefficient (Wildman–Crippen LogP) is 17.5. The number of hydrogen-bond donors (Lipinski definition) is 1. The number of likely N-dealkylation sites (N-methyl/N-ethyl adjacent to an activating group) is 1. The van der Waals surface area contributed by atoms with Crippen LogP contribution in [0.5, 0.6) is 0 Å². The molecule has 0 spiro atoms. The lowest BCUT2D eigenvalue weighted by Crippen LogP contribution is -2.47. The van der Waals surface area contributed by atoms with Crippen LogP contribution >= 0.6 is 7.82 Å². The van der Waals surface area contributed by atoms with Gasteiger partial charge in [-0.25, -0.2) is 0 Å². The number of carbonyl (C=O) groups is 2. The van der Waals surface area contributed by atoms with Crippen LogP contribution < -0.4 is 10.2 Å². The van der Waals surface area contributed by atoms with E-state index in [1.807, 2.05) is 33.3 Å². The highest BCUT2D eigenvalue weighted by atomic mass is 31.2. The lowest BCUT2D eigenvalue weighted by atomic mass is 10.0. The molecule has 0 radical (unpaired) electrons. The molecule has 0 aromatic carbocycles. The minimum atomic E-state index is -4.69. The Hall–Kier alpha value is -2.03. The smallest absolute Gasteiger partial charge is 0.306 e. The van der Waals surface area contributed by atoms with E-state index in [1.54, 1.807) is 0 Å². The summed E-state index contributed by atoms with van der Waals surface area (Å²) in [5.41, 5.74) is 0. The minimum absolute atomic E-state index is 0.0226. The first-order chi connectivity index (χ1) is 34.4. The fourth-order valence-corrected chi connectivity index (χ4v) is 9.31. The highest BCUT2D eigenvalue weighted by Crippen LogP contribution is 2.38. The van der Waals surface area contributed by atoms with Crippen molar-refractivity contribution in [1.29, 1.82) is 0 Å². The van der Waals surface area contributed by atoms with Crippen LogP contribution in [0.15, 0.2) is 48.6 Å². The fraction of sp³-hybridized carbons (Fsp3) is 0.836. The lowest BCUT2D eigenvalue weighted by molar-refractivity contribution is -0.870. The molecule has 0 aromatic rings. The van der Waals surface area contributed by atoms with Crippen molar-refractivity contribution in [3.05, 3.63) is 48.6 Å². The van der Waals surface area contributed by atoms with E-state index in [0.29, 0.717) is 17.4 Å². The molecule has 0 aliphatic rings. The number of carbonyl (C=O) groups excluding carboxylic acids is 2. The van der Waals surface area contributed by atoms with E-state index < -0.39 is 20.0 Å². The summed E-state index contributed by atoms with van der Waals surface area (Å²) in [4.78, 5) is 39.9. The van der Waals surface area contributed by atoms with Crippen molar-refractivity contribution < 1.29 is 37.3 Å². The van der Waals surface area contributed by atoms with E-state index in [4.69, 9.17) is 13.8 Å². The van der Waals surface area contributed by atoms with Gasteiger partial charge >= 0.3 is 5.97 Å². The van der Waals surface area contributed by atoms with Gasteiger partial charge in [-0.15, -0.1) is 0 Å². The molecule has 0 saturated carbocycles. The van der Waals surface area contributed by atoms with E-state index in [-0.39, 0.29) is 31.5 Å². The van der Waals surface area contributed by atoms with Crippen LogP contribution in [0.3, 0.4) is 0 Å². The number of phosphoric acid groups is 1. The Morgan fingerprint density at radius 3 is 1.31 bits per heavy atom. The normalized spacial score (nSPS) is 14.1. The Kier molecular flexibility index (Phi) is 50.0. The Labute approximate surface area is 439 Å². The van der Waals surface area contributed by atoms with Crippen molar-refractivity contribution >= 4 is 19.7 Å². The molecule has 0 heterocycles.